The van der Waals surface area contributed by atoms with Crippen LogP contribution in [-0.2, 0) is 7.05 Å². The predicted octanol–water partition coefficient (Wildman–Crippen LogP) is 0.869. The average Bonchev–Trinajstić information content (AvgIpc) is 2.69. The number of anilines is 2. The fourth-order valence-electron chi connectivity index (χ4n) is 1.86. The lowest BCUT2D eigenvalue weighted by Crippen LogP contribution is -2.18. The third kappa shape index (κ3) is 1.57. The van der Waals surface area contributed by atoms with Gasteiger partial charge in [-0.2, -0.15) is 4.98 Å². The summed E-state index contributed by atoms with van der Waals surface area (Å²) in [6, 6.07) is 5.85. The molecule has 2 heterocycles. The van der Waals surface area contributed by atoms with Gasteiger partial charge in [-0.1, -0.05) is 6.07 Å². The summed E-state index contributed by atoms with van der Waals surface area (Å²) in [5.74, 6) is 1.77. The highest BCUT2D eigenvalue weighted by Gasteiger charge is 2.18. The van der Waals surface area contributed by atoms with Crippen LogP contribution >= 0.6 is 0 Å². The lowest BCUT2D eigenvalue weighted by atomic mass is 10.1. The topological polar surface area (TPSA) is 78.0 Å². The first-order valence-electron chi connectivity index (χ1n) is 5.42. The minimum atomic E-state index is 0.390. The molecule has 0 spiro atoms. The number of nitrogens with one attached hydrogen (secondary N) is 1. The number of nitrogens with zero attached hydrogens (tertiary/aromatic N) is 3. The van der Waals surface area contributed by atoms with Crippen LogP contribution in [0.2, 0.25) is 0 Å². The van der Waals surface area contributed by atoms with Crippen LogP contribution in [0.3, 0.4) is 0 Å². The van der Waals surface area contributed by atoms with E-state index >= 15 is 0 Å². The number of nitrogen functional groups attached to an aromatic ring is 1. The molecule has 0 radical (unpaired) electrons. The van der Waals surface area contributed by atoms with Crippen LogP contribution in [0.1, 0.15) is 0 Å². The first kappa shape index (κ1) is 9.95. The molecule has 1 aliphatic heterocycles. The van der Waals surface area contributed by atoms with Gasteiger partial charge in [0, 0.05) is 13.6 Å². The molecule has 0 atom stereocenters. The number of hydrogen-bond acceptors (Lipinski definition) is 5. The second kappa shape index (κ2) is 3.65. The van der Waals surface area contributed by atoms with Gasteiger partial charge < -0.3 is 15.8 Å². The first-order chi connectivity index (χ1) is 8.25. The zero-order chi connectivity index (χ0) is 11.8. The Morgan fingerprint density at radius 2 is 2.35 bits per heavy atom. The summed E-state index contributed by atoms with van der Waals surface area (Å²) in [7, 11) is 1.76. The largest absolute Gasteiger partial charge is 0.489 e. The quantitative estimate of drug-likeness (QED) is 0.761. The van der Waals surface area contributed by atoms with Crippen LogP contribution in [0, 0.1) is 0 Å². The minimum absolute atomic E-state index is 0.390. The van der Waals surface area contributed by atoms with Crippen molar-refractivity contribution in [2.45, 2.75) is 0 Å². The summed E-state index contributed by atoms with van der Waals surface area (Å²) in [6.45, 7) is 1.46. The lowest BCUT2D eigenvalue weighted by Gasteiger charge is -2.20. The van der Waals surface area contributed by atoms with Crippen LogP contribution in [0.5, 0.6) is 5.75 Å². The third-order valence-electron chi connectivity index (χ3n) is 2.72. The van der Waals surface area contributed by atoms with E-state index in [1.165, 1.54) is 0 Å². The van der Waals surface area contributed by atoms with Gasteiger partial charge in [-0.15, -0.1) is 5.10 Å². The molecular formula is C11H13N5O. The molecule has 1 aromatic carbocycles. The van der Waals surface area contributed by atoms with Gasteiger partial charge in [-0.05, 0) is 12.1 Å². The summed E-state index contributed by atoms with van der Waals surface area (Å²) >= 11 is 0. The monoisotopic (exact) mass is 231 g/mol. The number of benzene rings is 1. The number of hydrogen-bond donors (Lipinski definition) is 2. The van der Waals surface area contributed by atoms with Crippen molar-refractivity contribution in [1.82, 2.24) is 14.8 Å². The summed E-state index contributed by atoms with van der Waals surface area (Å²) in [5.41, 5.74) is 7.52. The van der Waals surface area contributed by atoms with E-state index in [0.29, 0.717) is 18.4 Å². The van der Waals surface area contributed by atoms with Crippen LogP contribution in [0.15, 0.2) is 18.2 Å². The SMILES string of the molecule is Cn1nc(-c2cccc3c2OCCN3)nc1N. The maximum atomic E-state index is 5.69. The summed E-state index contributed by atoms with van der Waals surface area (Å²) < 4.78 is 7.21. The molecule has 1 aromatic heterocycles. The minimum Gasteiger partial charge on any atom is -0.489 e. The van der Waals surface area contributed by atoms with E-state index in [1.54, 1.807) is 11.7 Å². The van der Waals surface area contributed by atoms with Crippen molar-refractivity contribution in [2.75, 3.05) is 24.2 Å². The van der Waals surface area contributed by atoms with Crippen molar-refractivity contribution in [3.8, 4) is 17.1 Å². The summed E-state index contributed by atoms with van der Waals surface area (Å²) in [6.07, 6.45) is 0. The van der Waals surface area contributed by atoms with E-state index in [0.717, 1.165) is 23.5 Å². The van der Waals surface area contributed by atoms with E-state index < -0.39 is 0 Å². The third-order valence-corrected chi connectivity index (χ3v) is 2.72. The van der Waals surface area contributed by atoms with Crippen molar-refractivity contribution in [1.29, 1.82) is 0 Å². The molecule has 0 saturated heterocycles. The second-order valence-electron chi connectivity index (χ2n) is 3.87. The number of para-hydroxylation sites is 1. The Hall–Kier alpha value is -2.24. The molecule has 0 saturated carbocycles. The molecule has 2 aromatic rings. The zero-order valence-electron chi connectivity index (χ0n) is 9.47. The van der Waals surface area contributed by atoms with Crippen LogP contribution in [0.4, 0.5) is 11.6 Å². The fourth-order valence-corrected chi connectivity index (χ4v) is 1.86. The Labute approximate surface area is 98.4 Å². The highest BCUT2D eigenvalue weighted by molar-refractivity contribution is 5.75. The number of rotatable bonds is 1. The van der Waals surface area contributed by atoms with Gasteiger partial charge in [-0.3, -0.25) is 0 Å². The van der Waals surface area contributed by atoms with Gasteiger partial charge in [0.05, 0.1) is 11.3 Å². The predicted molar refractivity (Wildman–Crippen MR) is 64.8 cm³/mol. The molecule has 0 bridgehead atoms. The Balaban J connectivity index is 2.14. The van der Waals surface area contributed by atoms with E-state index in [9.17, 15) is 0 Å². The van der Waals surface area contributed by atoms with Crippen molar-refractivity contribution in [3.05, 3.63) is 18.2 Å². The van der Waals surface area contributed by atoms with E-state index in [4.69, 9.17) is 10.5 Å². The summed E-state index contributed by atoms with van der Waals surface area (Å²) in [4.78, 5) is 4.21. The number of aromatic nitrogens is 3. The highest BCUT2D eigenvalue weighted by Crippen LogP contribution is 2.36. The molecule has 3 N–H and O–H groups in total. The molecule has 6 nitrogen and oxygen atoms in total. The van der Waals surface area contributed by atoms with Gasteiger partial charge in [-0.25, -0.2) is 4.68 Å². The first-order valence-corrected chi connectivity index (χ1v) is 5.42. The zero-order valence-corrected chi connectivity index (χ0v) is 9.47. The summed E-state index contributed by atoms with van der Waals surface area (Å²) in [5, 5.41) is 7.54. The van der Waals surface area contributed by atoms with Crippen molar-refractivity contribution < 1.29 is 4.74 Å². The van der Waals surface area contributed by atoms with Crippen molar-refractivity contribution in [2.24, 2.45) is 7.05 Å². The highest BCUT2D eigenvalue weighted by atomic mass is 16.5. The van der Waals surface area contributed by atoms with E-state index in [-0.39, 0.29) is 0 Å². The molecule has 0 amide bonds. The Bertz CT molecular complexity index is 543. The van der Waals surface area contributed by atoms with Gasteiger partial charge >= 0.3 is 0 Å². The maximum absolute atomic E-state index is 5.69. The molecule has 88 valence electrons. The lowest BCUT2D eigenvalue weighted by molar-refractivity contribution is 0.324. The Morgan fingerprint density at radius 3 is 3.12 bits per heavy atom. The smallest absolute Gasteiger partial charge is 0.218 e. The van der Waals surface area contributed by atoms with E-state index in [1.807, 2.05) is 18.2 Å². The van der Waals surface area contributed by atoms with Gasteiger partial charge in [0.25, 0.3) is 0 Å². The van der Waals surface area contributed by atoms with Crippen LogP contribution in [-0.4, -0.2) is 27.9 Å². The molecule has 0 fully saturated rings. The normalized spacial score (nSPS) is 13.7. The Kier molecular flexibility index (Phi) is 2.14. The molecular weight excluding hydrogens is 218 g/mol. The van der Waals surface area contributed by atoms with Crippen molar-refractivity contribution >= 4 is 11.6 Å². The molecule has 6 heteroatoms. The molecule has 17 heavy (non-hydrogen) atoms. The van der Waals surface area contributed by atoms with Crippen molar-refractivity contribution in [3.63, 3.8) is 0 Å². The molecule has 0 unspecified atom stereocenters. The number of nitrogens with two attached hydrogens (primary N) is 1. The fraction of sp³-hybridized carbons (Fsp3) is 0.273. The number of fused-ring (bicyclic) bond motifs is 1. The maximum Gasteiger partial charge on any atom is 0.218 e. The number of ether oxygens (including phenoxy) is 1. The molecule has 3 rings (SSSR count). The average molecular weight is 231 g/mol. The number of aryl methyl sites for hydroxylation is 1. The van der Waals surface area contributed by atoms with E-state index in [2.05, 4.69) is 15.4 Å². The van der Waals surface area contributed by atoms with Crippen LogP contribution < -0.4 is 15.8 Å². The Morgan fingerprint density at radius 1 is 1.47 bits per heavy atom. The van der Waals surface area contributed by atoms with Gasteiger partial charge in [0.15, 0.2) is 11.6 Å². The van der Waals surface area contributed by atoms with Gasteiger partial charge in [0.2, 0.25) is 5.95 Å². The van der Waals surface area contributed by atoms with Gasteiger partial charge in [0.1, 0.15) is 6.61 Å². The standard InChI is InChI=1S/C11H13N5O/c1-16-11(12)14-10(15-16)7-3-2-4-8-9(7)17-6-5-13-8/h2-4,13H,5-6H2,1H3,(H2,12,14,15). The molecule has 1 aliphatic rings. The second-order valence-corrected chi connectivity index (χ2v) is 3.87. The van der Waals surface area contributed by atoms with Crippen LogP contribution in [0.25, 0.3) is 11.4 Å². The molecule has 0 aliphatic carbocycles.